The van der Waals surface area contributed by atoms with Gasteiger partial charge >= 0.3 is 23.9 Å². The summed E-state index contributed by atoms with van der Waals surface area (Å²) in [7, 11) is 0. The molecule has 0 heterocycles. The maximum atomic E-state index is 15.0. The number of hydrogen-bond donors (Lipinski definition) is 3. The molecule has 14 heteroatoms. The van der Waals surface area contributed by atoms with Crippen molar-refractivity contribution in [3.63, 3.8) is 0 Å². The van der Waals surface area contributed by atoms with Crippen molar-refractivity contribution in [2.75, 3.05) is 0 Å². The van der Waals surface area contributed by atoms with Crippen LogP contribution < -0.4 is 0 Å². The van der Waals surface area contributed by atoms with Gasteiger partial charge in [-0.05, 0) is 12.0 Å². The van der Waals surface area contributed by atoms with E-state index in [1.54, 1.807) is 0 Å². The van der Waals surface area contributed by atoms with Crippen molar-refractivity contribution >= 4 is 29.5 Å². The third-order valence-corrected chi connectivity index (χ3v) is 4.43. The summed E-state index contributed by atoms with van der Waals surface area (Å²) in [6, 6.07) is 0. The number of allylic oxidation sites excluding steroid dienone is 6. The number of carboxylic acids is 3. The molecule has 0 fully saturated rings. The number of rotatable bonds is 6. The van der Waals surface area contributed by atoms with Gasteiger partial charge in [-0.25, -0.2) is 46.1 Å². The van der Waals surface area contributed by atoms with Crippen LogP contribution in [-0.2, 0) is 4.94 Å². The van der Waals surface area contributed by atoms with Crippen LogP contribution in [0.5, 0.6) is 0 Å². The quantitative estimate of drug-likeness (QED) is 0.507. The lowest BCUT2D eigenvalue weighted by Crippen LogP contribution is -2.26. The molecule has 0 radical (unpaired) electrons. The minimum Gasteiger partial charge on any atom is -0.478 e. The van der Waals surface area contributed by atoms with Crippen LogP contribution in [0.1, 0.15) is 60.3 Å². The highest BCUT2D eigenvalue weighted by Crippen LogP contribution is 2.47. The lowest BCUT2D eigenvalue weighted by molar-refractivity contribution is -0.0792. The lowest BCUT2D eigenvalue weighted by atomic mass is 9.80. The Morgan fingerprint density at radius 2 is 1.39 bits per heavy atom. The van der Waals surface area contributed by atoms with Gasteiger partial charge in [-0.1, -0.05) is 13.0 Å². The summed E-state index contributed by atoms with van der Waals surface area (Å²) >= 11 is 0. The van der Waals surface area contributed by atoms with E-state index in [-0.39, 0.29) is 6.42 Å². The number of carboxylic acid groups (broad SMARTS) is 3. The molecule has 0 bridgehead atoms. The van der Waals surface area contributed by atoms with Crippen molar-refractivity contribution in [2.24, 2.45) is 0 Å². The van der Waals surface area contributed by atoms with Crippen LogP contribution >= 0.6 is 0 Å². The Bertz CT molecular complexity index is 1200. The van der Waals surface area contributed by atoms with E-state index in [1.807, 2.05) is 0 Å². The van der Waals surface area contributed by atoms with Gasteiger partial charge in [-0.3, -0.25) is 0 Å². The fraction of sp³-hybridized carbons (Fsp3) is 0.158. The predicted octanol–water partition coefficient (Wildman–Crippen LogP) is 4.48. The highest BCUT2D eigenvalue weighted by atomic mass is 19.3. The van der Waals surface area contributed by atoms with Gasteiger partial charge < -0.3 is 15.3 Å². The fourth-order valence-electron chi connectivity index (χ4n) is 3.22. The maximum absolute atomic E-state index is 15.0. The van der Waals surface area contributed by atoms with Gasteiger partial charge in [-0.15, -0.1) is 0 Å². The molecule has 0 spiro atoms. The van der Waals surface area contributed by atoms with E-state index in [2.05, 4.69) is 4.94 Å². The molecular weight excluding hydrogens is 470 g/mol. The van der Waals surface area contributed by atoms with Crippen molar-refractivity contribution in [3.05, 3.63) is 62.8 Å². The van der Waals surface area contributed by atoms with Gasteiger partial charge in [0.2, 0.25) is 0 Å². The zero-order chi connectivity index (χ0) is 25.4. The zero-order valence-electron chi connectivity index (χ0n) is 16.0. The average Bonchev–Trinajstić information content (AvgIpc) is 2.74. The molecule has 3 N–H and O–H groups in total. The Kier molecular flexibility index (Phi) is 7.00. The Hall–Kier alpha value is -4.10. The van der Waals surface area contributed by atoms with Gasteiger partial charge in [0, 0.05) is 15.7 Å². The summed E-state index contributed by atoms with van der Waals surface area (Å²) in [5, 5.41) is 28.0. The Morgan fingerprint density at radius 1 is 0.879 bits per heavy atom. The highest BCUT2D eigenvalue weighted by Gasteiger charge is 2.43. The molecular formula is C19H10F6O8. The maximum Gasteiger partial charge on any atom is 0.383 e. The van der Waals surface area contributed by atoms with Gasteiger partial charge in [-0.2, -0.15) is 0 Å². The summed E-state index contributed by atoms with van der Waals surface area (Å²) in [4.78, 5) is 49.6. The normalized spacial score (nSPS) is 17.4. The molecule has 1 unspecified atom stereocenters. The van der Waals surface area contributed by atoms with E-state index in [9.17, 15) is 56.6 Å². The van der Waals surface area contributed by atoms with Crippen LogP contribution in [0.2, 0.25) is 0 Å². The first kappa shape index (κ1) is 25.2. The van der Waals surface area contributed by atoms with Crippen LogP contribution in [0.3, 0.4) is 0 Å². The first-order valence-electron chi connectivity index (χ1n) is 8.55. The van der Waals surface area contributed by atoms with Crippen molar-refractivity contribution in [1.82, 2.24) is 0 Å². The zero-order valence-corrected chi connectivity index (χ0v) is 16.0. The second-order valence-electron chi connectivity index (χ2n) is 6.25. The molecule has 0 aliphatic heterocycles. The van der Waals surface area contributed by atoms with Gasteiger partial charge in [0.1, 0.15) is 11.1 Å². The molecule has 33 heavy (non-hydrogen) atoms. The second-order valence-corrected chi connectivity index (χ2v) is 6.25. The third kappa shape index (κ3) is 3.94. The number of carbonyl (C=O) groups excluding carboxylic acids is 1. The van der Waals surface area contributed by atoms with Crippen LogP contribution in [-0.4, -0.2) is 45.4 Å². The van der Waals surface area contributed by atoms with Crippen molar-refractivity contribution in [1.29, 1.82) is 0 Å². The van der Waals surface area contributed by atoms with Gasteiger partial charge in [0.25, 0.3) is 0 Å². The summed E-state index contributed by atoms with van der Waals surface area (Å²) < 4.78 is 84.9. The van der Waals surface area contributed by atoms with Crippen molar-refractivity contribution in [3.8, 4) is 0 Å². The molecule has 0 saturated heterocycles. The molecule has 0 saturated carbocycles. The van der Waals surface area contributed by atoms with E-state index in [1.165, 1.54) is 6.92 Å². The standard InChI is InChI=1S/C19H10F6O8/c1-2-3-4-5(13(22)15(24)14(23)11(4)20)6-7(16(26)27)8(17(28)29)9(18(30)31)12(21)10(6)19(32)33-25/h3,11H,2H2,1H3,(H,26,27)(H,28,29)(H,30,31). The van der Waals surface area contributed by atoms with E-state index in [0.29, 0.717) is 6.08 Å². The molecule has 8 nitrogen and oxygen atoms in total. The van der Waals surface area contributed by atoms with Crippen molar-refractivity contribution < 1.29 is 65.9 Å². The number of alkyl halides is 1. The first-order valence-corrected chi connectivity index (χ1v) is 8.55. The smallest absolute Gasteiger partial charge is 0.383 e. The lowest BCUT2D eigenvalue weighted by Gasteiger charge is -2.25. The minimum atomic E-state index is -3.13. The predicted molar refractivity (Wildman–Crippen MR) is 94.3 cm³/mol. The molecule has 0 aromatic heterocycles. The van der Waals surface area contributed by atoms with Gasteiger partial charge in [0.15, 0.2) is 29.5 Å². The van der Waals surface area contributed by atoms with Crippen LogP contribution in [0, 0.1) is 5.82 Å². The number of aromatic carboxylic acids is 3. The number of halogens is 6. The molecule has 0 amide bonds. The van der Waals surface area contributed by atoms with Gasteiger partial charge in [0.05, 0.1) is 11.1 Å². The number of hydrogen-bond acceptors (Lipinski definition) is 5. The topological polar surface area (TPSA) is 138 Å². The molecule has 1 aliphatic carbocycles. The molecule has 1 atom stereocenters. The Balaban J connectivity index is 3.38. The number of carbonyl (C=O) groups is 4. The second kappa shape index (κ2) is 9.18. The summed E-state index contributed by atoms with van der Waals surface area (Å²) in [6.45, 7) is 1.27. The Morgan fingerprint density at radius 3 is 1.82 bits per heavy atom. The largest absolute Gasteiger partial charge is 0.478 e. The van der Waals surface area contributed by atoms with Crippen molar-refractivity contribution in [2.45, 2.75) is 19.5 Å². The van der Waals surface area contributed by atoms with Crippen LogP contribution in [0.25, 0.3) is 5.57 Å². The number of benzene rings is 1. The van der Waals surface area contributed by atoms with E-state index in [0.717, 1.165) is 0 Å². The SMILES string of the molecule is CCC=C1C(c2c(C(=O)OF)c(F)c(C(=O)O)c(C(=O)O)c2C(=O)O)=C(F)C(F)=C(F)C1F. The van der Waals surface area contributed by atoms with E-state index >= 15 is 4.39 Å². The highest BCUT2D eigenvalue weighted by molar-refractivity contribution is 6.16. The molecule has 1 aromatic carbocycles. The first-order chi connectivity index (χ1) is 15.3. The summed E-state index contributed by atoms with van der Waals surface area (Å²) in [6.07, 6.45) is -2.72. The minimum absolute atomic E-state index is 0.256. The van der Waals surface area contributed by atoms with Crippen LogP contribution in [0.4, 0.5) is 26.5 Å². The summed E-state index contributed by atoms with van der Waals surface area (Å²) in [5.41, 5.74) is -12.3. The third-order valence-electron chi connectivity index (χ3n) is 4.43. The molecule has 1 aromatic rings. The monoisotopic (exact) mass is 480 g/mol. The summed E-state index contributed by atoms with van der Waals surface area (Å²) in [5.74, 6) is -19.5. The van der Waals surface area contributed by atoms with E-state index in [4.69, 9.17) is 0 Å². The Labute approximate surface area is 178 Å². The molecule has 2 rings (SSSR count). The van der Waals surface area contributed by atoms with Crippen LogP contribution in [0.15, 0.2) is 29.1 Å². The average molecular weight is 480 g/mol. The van der Waals surface area contributed by atoms with E-state index < -0.39 is 92.3 Å². The fourth-order valence-corrected chi connectivity index (χ4v) is 3.22. The molecule has 1 aliphatic rings. The molecule has 176 valence electrons.